The van der Waals surface area contributed by atoms with E-state index in [0.717, 1.165) is 17.7 Å². The van der Waals surface area contributed by atoms with Crippen LogP contribution in [0.1, 0.15) is 16.7 Å². The van der Waals surface area contributed by atoms with Gasteiger partial charge in [0.2, 0.25) is 5.91 Å². The standard InChI is InChI=1S/C19H18F3N3O3/c1-28-16-8-4-13(5-9-16)10-17(26)23-12-18(27)25-24-11-14-2-6-15(7-3-14)19(20,21)22/h2-9,11H,10,12H2,1H3,(H,23,26)(H,25,27)/b24-11+. The van der Waals surface area contributed by atoms with E-state index in [4.69, 9.17) is 4.74 Å². The lowest BCUT2D eigenvalue weighted by molar-refractivity contribution is -0.137. The number of ether oxygens (including phenoxy) is 1. The van der Waals surface area contributed by atoms with Gasteiger partial charge in [0.1, 0.15) is 5.75 Å². The molecule has 2 N–H and O–H groups in total. The quantitative estimate of drug-likeness (QED) is 0.560. The Labute approximate surface area is 159 Å². The lowest BCUT2D eigenvalue weighted by Crippen LogP contribution is -2.35. The van der Waals surface area contributed by atoms with Crippen LogP contribution < -0.4 is 15.5 Å². The van der Waals surface area contributed by atoms with Gasteiger partial charge in [-0.3, -0.25) is 9.59 Å². The molecule has 0 unspecified atom stereocenters. The molecule has 0 saturated carbocycles. The largest absolute Gasteiger partial charge is 0.497 e. The number of benzene rings is 2. The van der Waals surface area contributed by atoms with E-state index in [-0.39, 0.29) is 18.9 Å². The lowest BCUT2D eigenvalue weighted by Gasteiger charge is -2.06. The monoisotopic (exact) mass is 393 g/mol. The number of hydrogen-bond donors (Lipinski definition) is 2. The van der Waals surface area contributed by atoms with Crippen molar-refractivity contribution in [1.82, 2.24) is 10.7 Å². The molecule has 0 bridgehead atoms. The van der Waals surface area contributed by atoms with Crippen LogP contribution in [-0.4, -0.2) is 31.7 Å². The van der Waals surface area contributed by atoms with Crippen molar-refractivity contribution in [2.75, 3.05) is 13.7 Å². The van der Waals surface area contributed by atoms with Gasteiger partial charge in [-0.15, -0.1) is 0 Å². The summed E-state index contributed by atoms with van der Waals surface area (Å²) in [6.07, 6.45) is -3.10. The van der Waals surface area contributed by atoms with Crippen molar-refractivity contribution in [3.8, 4) is 5.75 Å². The molecule has 2 rings (SSSR count). The van der Waals surface area contributed by atoms with E-state index in [1.807, 2.05) is 0 Å². The molecule has 0 radical (unpaired) electrons. The average molecular weight is 393 g/mol. The number of carbonyl (C=O) groups is 2. The summed E-state index contributed by atoms with van der Waals surface area (Å²) < 4.78 is 42.4. The Morgan fingerprint density at radius 3 is 2.25 bits per heavy atom. The Hall–Kier alpha value is -3.36. The minimum Gasteiger partial charge on any atom is -0.497 e. The molecule has 2 aromatic rings. The van der Waals surface area contributed by atoms with Crippen molar-refractivity contribution in [2.24, 2.45) is 5.10 Å². The molecule has 0 aliphatic rings. The number of nitrogens with one attached hydrogen (secondary N) is 2. The van der Waals surface area contributed by atoms with E-state index in [1.54, 1.807) is 31.4 Å². The van der Waals surface area contributed by atoms with Crippen molar-refractivity contribution in [1.29, 1.82) is 0 Å². The van der Waals surface area contributed by atoms with Crippen LogP contribution in [0.3, 0.4) is 0 Å². The van der Waals surface area contributed by atoms with Gasteiger partial charge in [0.15, 0.2) is 0 Å². The fraction of sp³-hybridized carbons (Fsp3) is 0.211. The number of methoxy groups -OCH3 is 1. The molecule has 6 nitrogen and oxygen atoms in total. The zero-order valence-electron chi connectivity index (χ0n) is 14.9. The summed E-state index contributed by atoms with van der Waals surface area (Å²) in [4.78, 5) is 23.5. The predicted molar refractivity (Wildman–Crippen MR) is 96.9 cm³/mol. The Bertz CT molecular complexity index is 832. The molecule has 0 aliphatic carbocycles. The number of halogens is 3. The average Bonchev–Trinajstić information content (AvgIpc) is 2.67. The van der Waals surface area contributed by atoms with Crippen LogP contribution >= 0.6 is 0 Å². The minimum absolute atomic E-state index is 0.103. The van der Waals surface area contributed by atoms with E-state index in [2.05, 4.69) is 15.8 Å². The first-order valence-corrected chi connectivity index (χ1v) is 8.16. The molecule has 0 spiro atoms. The number of alkyl halides is 3. The number of nitrogens with zero attached hydrogens (tertiary/aromatic N) is 1. The third-order valence-electron chi connectivity index (χ3n) is 3.61. The van der Waals surface area contributed by atoms with Gasteiger partial charge < -0.3 is 10.1 Å². The highest BCUT2D eigenvalue weighted by atomic mass is 19.4. The summed E-state index contributed by atoms with van der Waals surface area (Å²) in [6, 6.07) is 11.2. The van der Waals surface area contributed by atoms with Crippen LogP contribution in [0.5, 0.6) is 5.75 Å². The van der Waals surface area contributed by atoms with Crippen LogP contribution in [-0.2, 0) is 22.2 Å². The Morgan fingerprint density at radius 1 is 1.04 bits per heavy atom. The SMILES string of the molecule is COc1ccc(CC(=O)NCC(=O)N/N=C/c2ccc(C(F)(F)F)cc2)cc1. The first kappa shape index (κ1) is 20.9. The highest BCUT2D eigenvalue weighted by Gasteiger charge is 2.29. The maximum absolute atomic E-state index is 12.5. The maximum Gasteiger partial charge on any atom is 0.416 e. The van der Waals surface area contributed by atoms with Gasteiger partial charge in [-0.25, -0.2) is 5.43 Å². The highest BCUT2D eigenvalue weighted by Crippen LogP contribution is 2.28. The predicted octanol–water partition coefficient (Wildman–Crippen LogP) is 2.52. The summed E-state index contributed by atoms with van der Waals surface area (Å²) in [5, 5.41) is 6.09. The number of carbonyl (C=O) groups excluding carboxylic acids is 2. The number of amides is 2. The first-order valence-electron chi connectivity index (χ1n) is 8.16. The molecule has 148 valence electrons. The first-order chi connectivity index (χ1) is 13.3. The number of hydrazone groups is 1. The molecule has 0 aromatic heterocycles. The second-order valence-electron chi connectivity index (χ2n) is 5.71. The van der Waals surface area contributed by atoms with Crippen LogP contribution in [0.2, 0.25) is 0 Å². The zero-order valence-corrected chi connectivity index (χ0v) is 14.9. The Balaban J connectivity index is 1.74. The molecular formula is C19H18F3N3O3. The fourth-order valence-corrected chi connectivity index (χ4v) is 2.15. The van der Waals surface area contributed by atoms with Crippen molar-refractivity contribution in [2.45, 2.75) is 12.6 Å². The molecule has 2 aromatic carbocycles. The second-order valence-corrected chi connectivity index (χ2v) is 5.71. The maximum atomic E-state index is 12.5. The van der Waals surface area contributed by atoms with E-state index in [9.17, 15) is 22.8 Å². The minimum atomic E-state index is -4.41. The highest BCUT2D eigenvalue weighted by molar-refractivity contribution is 5.87. The van der Waals surface area contributed by atoms with Crippen molar-refractivity contribution < 1.29 is 27.5 Å². The number of hydrogen-bond acceptors (Lipinski definition) is 4. The van der Waals surface area contributed by atoms with E-state index < -0.39 is 17.6 Å². The molecule has 0 aliphatic heterocycles. The van der Waals surface area contributed by atoms with E-state index in [1.165, 1.54) is 18.3 Å². The van der Waals surface area contributed by atoms with Crippen LogP contribution in [0, 0.1) is 0 Å². The summed E-state index contributed by atoms with van der Waals surface area (Å²) in [5.74, 6) is -0.229. The van der Waals surface area contributed by atoms with Crippen molar-refractivity contribution >= 4 is 18.0 Å². The zero-order chi connectivity index (χ0) is 20.6. The van der Waals surface area contributed by atoms with Gasteiger partial charge in [-0.1, -0.05) is 24.3 Å². The Morgan fingerprint density at radius 2 is 1.68 bits per heavy atom. The molecule has 2 amide bonds. The third-order valence-corrected chi connectivity index (χ3v) is 3.61. The summed E-state index contributed by atoms with van der Waals surface area (Å²) in [7, 11) is 1.54. The lowest BCUT2D eigenvalue weighted by atomic mass is 10.1. The van der Waals surface area contributed by atoms with Gasteiger partial charge in [0.05, 0.1) is 31.9 Å². The molecular weight excluding hydrogens is 375 g/mol. The number of rotatable bonds is 7. The van der Waals surface area contributed by atoms with Gasteiger partial charge in [0.25, 0.3) is 5.91 Å². The summed E-state index contributed by atoms with van der Waals surface area (Å²) in [6.45, 7) is -0.278. The molecule has 28 heavy (non-hydrogen) atoms. The molecule has 0 atom stereocenters. The molecule has 0 fully saturated rings. The van der Waals surface area contributed by atoms with Crippen LogP contribution in [0.15, 0.2) is 53.6 Å². The van der Waals surface area contributed by atoms with E-state index in [0.29, 0.717) is 11.3 Å². The molecule has 0 heterocycles. The molecule has 0 saturated heterocycles. The van der Waals surface area contributed by atoms with Crippen molar-refractivity contribution in [3.05, 3.63) is 65.2 Å². The third kappa shape index (κ3) is 6.75. The van der Waals surface area contributed by atoms with Gasteiger partial charge >= 0.3 is 6.18 Å². The van der Waals surface area contributed by atoms with E-state index >= 15 is 0 Å². The second kappa shape index (κ2) is 9.54. The van der Waals surface area contributed by atoms with Gasteiger partial charge in [-0.2, -0.15) is 18.3 Å². The fourth-order valence-electron chi connectivity index (χ4n) is 2.15. The summed E-state index contributed by atoms with van der Waals surface area (Å²) >= 11 is 0. The smallest absolute Gasteiger partial charge is 0.416 e. The van der Waals surface area contributed by atoms with Crippen LogP contribution in [0.25, 0.3) is 0 Å². The summed E-state index contributed by atoms with van der Waals surface area (Å²) in [5.41, 5.74) is 2.57. The van der Waals surface area contributed by atoms with Crippen LogP contribution in [0.4, 0.5) is 13.2 Å². The normalized spacial score (nSPS) is 11.3. The van der Waals surface area contributed by atoms with Gasteiger partial charge in [0, 0.05) is 0 Å². The Kier molecular flexibility index (Phi) is 7.14. The van der Waals surface area contributed by atoms with Gasteiger partial charge in [-0.05, 0) is 35.4 Å². The van der Waals surface area contributed by atoms with Crippen molar-refractivity contribution in [3.63, 3.8) is 0 Å². The topological polar surface area (TPSA) is 79.8 Å². The molecule has 9 heteroatoms.